The van der Waals surface area contributed by atoms with Crippen molar-refractivity contribution < 1.29 is 4.42 Å². The Labute approximate surface area is 841 Å². The maximum absolute atomic E-state index is 6.53. The van der Waals surface area contributed by atoms with Crippen LogP contribution in [-0.2, 0) is 0 Å². The van der Waals surface area contributed by atoms with Gasteiger partial charge in [-0.1, -0.05) is 376 Å². The second-order valence-corrected chi connectivity index (χ2v) is 37.1. The van der Waals surface area contributed by atoms with E-state index in [4.69, 9.17) is 54.3 Å². The van der Waals surface area contributed by atoms with Gasteiger partial charge in [0.15, 0.2) is 52.4 Å². The SMILES string of the molecule is c1ccc(-c2nc(-c3ccccc3)nc(-c3ccc(-n4c5ccccc5c5ccc(-c6cccc7c6sc6ccccc67)cc54)cc3)n2)cc1.c1ccc(-c2nc(-c3ccccc3)nc(-c3cccc(-n4c5cccc6oc7ccccc7c7cccc4c7c65)c3)n2)cc1.c1ccc(-c2nc(-c3ccccc3)nc(-c3cccc(-n4c5ccccc5c5cc6c(cc54)nc(-c4ccccc4)n6-c4ccccc4)c3)n2)cc1. The van der Waals surface area contributed by atoms with Crippen LogP contribution in [0.5, 0.6) is 0 Å². The Bertz CT molecular complexity index is 9880. The molecule has 0 unspecified atom stereocenters. The normalized spacial score (nSPS) is 11.6. The summed E-state index contributed by atoms with van der Waals surface area (Å²) in [6.45, 7) is 0. The molecule has 0 atom stereocenters. The Morgan fingerprint density at radius 1 is 0.171 bits per heavy atom. The molecule has 9 aromatic heterocycles. The highest BCUT2D eigenvalue weighted by atomic mass is 32.1. The highest BCUT2D eigenvalue weighted by Gasteiger charge is 2.26. The van der Waals surface area contributed by atoms with Crippen molar-refractivity contribution in [2.75, 3.05) is 0 Å². The third-order valence-corrected chi connectivity index (χ3v) is 28.5. The largest absolute Gasteiger partial charge is 0.456 e. The van der Waals surface area contributed by atoms with Gasteiger partial charge in [0.05, 0.1) is 49.5 Å². The highest BCUT2D eigenvalue weighted by molar-refractivity contribution is 7.26. The fourth-order valence-corrected chi connectivity index (χ4v) is 21.8. The van der Waals surface area contributed by atoms with Gasteiger partial charge in [0.1, 0.15) is 17.0 Å². The maximum Gasteiger partial charge on any atom is 0.164 e. The number of para-hydroxylation sites is 4. The van der Waals surface area contributed by atoms with Crippen molar-refractivity contribution in [1.29, 1.82) is 0 Å². The number of imidazole rings is 1. The van der Waals surface area contributed by atoms with E-state index in [1.165, 1.54) is 69.3 Å². The molecule has 0 aliphatic heterocycles. The van der Waals surface area contributed by atoms with Crippen LogP contribution in [0, 0.1) is 0 Å². The van der Waals surface area contributed by atoms with Crippen LogP contribution in [-0.4, -0.2) is 68.1 Å². The van der Waals surface area contributed by atoms with Crippen LogP contribution >= 0.6 is 11.3 Å². The van der Waals surface area contributed by atoms with Crippen molar-refractivity contribution in [2.45, 2.75) is 0 Å². The second-order valence-electron chi connectivity index (χ2n) is 36.1. The van der Waals surface area contributed by atoms with E-state index in [0.717, 1.165) is 145 Å². The number of thiophene rings is 1. The Hall–Kier alpha value is -19.7. The monoisotopic (exact) mass is 1890 g/mol. The summed E-state index contributed by atoms with van der Waals surface area (Å²) in [7, 11) is 0. The summed E-state index contributed by atoms with van der Waals surface area (Å²) in [6.07, 6.45) is 0. The zero-order valence-corrected chi connectivity index (χ0v) is 79.2. The van der Waals surface area contributed by atoms with Gasteiger partial charge in [-0.05, 0) is 138 Å². The number of aromatic nitrogens is 14. The lowest BCUT2D eigenvalue weighted by atomic mass is 10.0. The molecule has 0 radical (unpaired) electrons. The molecule has 684 valence electrons. The van der Waals surface area contributed by atoms with E-state index in [1.807, 2.05) is 218 Å². The summed E-state index contributed by atoms with van der Waals surface area (Å²) in [5.74, 6) is 6.66. The summed E-state index contributed by atoms with van der Waals surface area (Å²) in [4.78, 5) is 49.8. The fourth-order valence-electron chi connectivity index (χ4n) is 20.5. The van der Waals surface area contributed by atoms with E-state index < -0.39 is 0 Å². The average Bonchev–Trinajstić information content (AvgIpc) is 1.55. The van der Waals surface area contributed by atoms with E-state index >= 15 is 0 Å². The van der Waals surface area contributed by atoms with Crippen molar-refractivity contribution in [3.63, 3.8) is 0 Å². The predicted octanol–water partition coefficient (Wildman–Crippen LogP) is 32.8. The van der Waals surface area contributed by atoms with Crippen LogP contribution in [0.15, 0.2) is 502 Å². The van der Waals surface area contributed by atoms with Crippen LogP contribution in [0.1, 0.15) is 0 Å². The Morgan fingerprint density at radius 3 is 1.03 bits per heavy atom. The van der Waals surface area contributed by atoms with Gasteiger partial charge in [0.2, 0.25) is 0 Å². The molecule has 29 rings (SSSR count). The van der Waals surface area contributed by atoms with Gasteiger partial charge >= 0.3 is 0 Å². The van der Waals surface area contributed by atoms with Crippen molar-refractivity contribution >= 4 is 130 Å². The van der Waals surface area contributed by atoms with Crippen molar-refractivity contribution in [1.82, 2.24) is 68.1 Å². The molecule has 9 heterocycles. The molecule has 15 nitrogen and oxygen atoms in total. The summed E-state index contributed by atoms with van der Waals surface area (Å²) in [6, 6.07) is 172. The third-order valence-electron chi connectivity index (χ3n) is 27.3. The molecule has 29 aromatic rings. The minimum atomic E-state index is 0.617. The van der Waals surface area contributed by atoms with Gasteiger partial charge in [0, 0.05) is 131 Å². The zero-order chi connectivity index (χ0) is 96.5. The Morgan fingerprint density at radius 2 is 0.507 bits per heavy atom. The van der Waals surface area contributed by atoms with Gasteiger partial charge in [0.25, 0.3) is 0 Å². The van der Waals surface area contributed by atoms with Crippen molar-refractivity contribution in [3.8, 4) is 148 Å². The number of rotatable bonds is 15. The first-order chi connectivity index (χ1) is 72.4. The standard InChI is InChI=1S/C46H30N6.C45H28N4S.C39H24N4O/c1-5-16-31(17-6-1)43-48-44(32-18-7-2-8-19-32)50-45(49-43)34-22-15-25-36(28-34)51-40-27-14-13-26-37(40)38-29-42-39(30-41(38)51)47-46(33-20-9-3-10-21-33)52(42)35-23-11-4-12-24-35;1-3-12-29(13-4-1)43-46-44(30-14-5-2-6-15-30)48-45(47-43)31-22-25-33(26-23-31)49-39-20-9-7-16-35(39)36-27-24-32(28-40(36)49)34-18-11-19-38-37-17-8-10-21-41(37)50-42(34)38;1-3-12-25(13-4-1)37-40-38(26-14-5-2-6-15-26)42-39(41-37)27-16-9-17-28(24-27)43-31-20-10-19-30-29-18-7-8-22-33(29)44-34-23-11-21-32(43)36(34)35(30)31/h1-30H;1-28H;1-24H. The molecule has 0 N–H and O–H groups in total. The molecule has 0 fully saturated rings. The number of nitrogens with zero attached hydrogens (tertiary/aromatic N) is 14. The van der Waals surface area contributed by atoms with Gasteiger partial charge in [-0.3, -0.25) is 4.57 Å². The maximum atomic E-state index is 6.53. The number of hydrogen-bond donors (Lipinski definition) is 0. The molecule has 0 spiro atoms. The molecule has 0 aliphatic rings. The highest BCUT2D eigenvalue weighted by Crippen LogP contribution is 2.47. The molecule has 20 aromatic carbocycles. The smallest absolute Gasteiger partial charge is 0.164 e. The van der Waals surface area contributed by atoms with Gasteiger partial charge in [-0.2, -0.15) is 0 Å². The Balaban J connectivity index is 0.000000109. The minimum absolute atomic E-state index is 0.617. The molecule has 16 heteroatoms. The summed E-state index contributed by atoms with van der Waals surface area (Å²) >= 11 is 1.87. The fraction of sp³-hybridized carbons (Fsp3) is 0. The van der Waals surface area contributed by atoms with E-state index in [9.17, 15) is 0 Å². The van der Waals surface area contributed by atoms with Gasteiger partial charge in [-0.25, -0.2) is 49.8 Å². The number of fused-ring (bicyclic) bond motifs is 12. The molecular weight excluding hydrogens is 1810 g/mol. The number of benzene rings is 20. The molecule has 0 amide bonds. The lowest BCUT2D eigenvalue weighted by Crippen LogP contribution is -2.01. The van der Waals surface area contributed by atoms with E-state index in [-0.39, 0.29) is 0 Å². The topological polar surface area (TPSA) is 162 Å². The molecular formula is C130H82N14OS. The van der Waals surface area contributed by atoms with Gasteiger partial charge < -0.3 is 18.1 Å². The third kappa shape index (κ3) is 15.5. The summed E-state index contributed by atoms with van der Waals surface area (Å²) < 4.78 is 18.5. The lowest BCUT2D eigenvalue weighted by Gasteiger charge is -2.12. The van der Waals surface area contributed by atoms with Crippen LogP contribution in [0.3, 0.4) is 0 Å². The summed E-state index contributed by atoms with van der Waals surface area (Å²) in [5.41, 5.74) is 26.6. The van der Waals surface area contributed by atoms with Gasteiger partial charge in [-0.15, -0.1) is 11.3 Å². The zero-order valence-electron chi connectivity index (χ0n) is 78.4. The lowest BCUT2D eigenvalue weighted by molar-refractivity contribution is 0.664. The van der Waals surface area contributed by atoms with E-state index in [0.29, 0.717) is 52.4 Å². The first kappa shape index (κ1) is 85.5. The quantitative estimate of drug-likeness (QED) is 0.0960. The molecule has 146 heavy (non-hydrogen) atoms. The number of hydrogen-bond acceptors (Lipinski definition) is 12. The van der Waals surface area contributed by atoms with Crippen LogP contribution in [0.25, 0.3) is 266 Å². The molecule has 0 aliphatic carbocycles. The van der Waals surface area contributed by atoms with Crippen LogP contribution in [0.2, 0.25) is 0 Å². The first-order valence-electron chi connectivity index (χ1n) is 48.7. The second kappa shape index (κ2) is 36.5. The Kier molecular flexibility index (Phi) is 21.4. The molecule has 0 saturated carbocycles. The predicted molar refractivity (Wildman–Crippen MR) is 597 cm³/mol. The summed E-state index contributed by atoms with van der Waals surface area (Å²) in [5, 5.41) is 12.0. The minimum Gasteiger partial charge on any atom is -0.456 e. The molecule has 0 bridgehead atoms. The van der Waals surface area contributed by atoms with E-state index in [1.54, 1.807) is 0 Å². The molecule has 0 saturated heterocycles. The average molecular weight is 1890 g/mol. The van der Waals surface area contributed by atoms with Crippen molar-refractivity contribution in [2.24, 2.45) is 0 Å². The van der Waals surface area contributed by atoms with Crippen LogP contribution in [0.4, 0.5) is 0 Å². The van der Waals surface area contributed by atoms with E-state index in [2.05, 4.69) is 309 Å². The van der Waals surface area contributed by atoms with Crippen LogP contribution < -0.4 is 0 Å². The first-order valence-corrected chi connectivity index (χ1v) is 49.5. The van der Waals surface area contributed by atoms with Crippen molar-refractivity contribution in [3.05, 3.63) is 497 Å².